The third-order valence-electron chi connectivity index (χ3n) is 10.6. The van der Waals surface area contributed by atoms with E-state index in [2.05, 4.69) is 119 Å². The van der Waals surface area contributed by atoms with E-state index >= 15 is 0 Å². The molecule has 4 heterocycles. The number of aromatic nitrogens is 4. The zero-order valence-electron chi connectivity index (χ0n) is 31.7. The van der Waals surface area contributed by atoms with Gasteiger partial charge in [-0.2, -0.15) is 0 Å². The van der Waals surface area contributed by atoms with Crippen LogP contribution in [-0.4, -0.2) is 32.2 Å². The van der Waals surface area contributed by atoms with E-state index in [4.69, 9.17) is 33.2 Å². The van der Waals surface area contributed by atoms with E-state index in [0.717, 1.165) is 102 Å². The Kier molecular flexibility index (Phi) is 11.5. The van der Waals surface area contributed by atoms with Gasteiger partial charge in [-0.1, -0.05) is 111 Å². The van der Waals surface area contributed by atoms with Crippen LogP contribution in [-0.2, 0) is 26.2 Å². The fourth-order valence-electron chi connectivity index (χ4n) is 7.92. The van der Waals surface area contributed by atoms with Crippen LogP contribution in [0.2, 0.25) is 10.0 Å². The Hall–Kier alpha value is -4.72. The second kappa shape index (κ2) is 17.0. The van der Waals surface area contributed by atoms with Gasteiger partial charge in [0.25, 0.3) is 0 Å². The van der Waals surface area contributed by atoms with E-state index in [1.807, 2.05) is 24.3 Å². The molecule has 0 saturated carbocycles. The first kappa shape index (κ1) is 37.2. The number of pyridine rings is 2. The van der Waals surface area contributed by atoms with Crippen molar-refractivity contribution in [3.05, 3.63) is 131 Å². The molecule has 0 saturated heterocycles. The first-order chi connectivity index (χ1) is 27.0. The summed E-state index contributed by atoms with van der Waals surface area (Å²) in [5, 5.41) is 13.9. The predicted molar refractivity (Wildman–Crippen MR) is 233 cm³/mol. The van der Waals surface area contributed by atoms with E-state index in [1.54, 1.807) is 0 Å². The molecule has 8 heteroatoms. The number of rotatable bonds is 16. The third kappa shape index (κ3) is 7.74. The predicted octanol–water partition coefficient (Wildman–Crippen LogP) is 12.2. The fourth-order valence-corrected chi connectivity index (χ4v) is 8.17. The van der Waals surface area contributed by atoms with Crippen molar-refractivity contribution in [1.29, 1.82) is 0 Å². The number of halogens is 2. The quantitative estimate of drug-likeness (QED) is 0.0962. The number of benzene rings is 4. The number of nitrogens with zero attached hydrogens (tertiary/aromatic N) is 4. The number of aryl methyl sites for hydroxylation is 2. The Labute approximate surface area is 333 Å². The fraction of sp³-hybridized carbons (Fsp3) is 0.277. The normalized spacial score (nSPS) is 11.9. The molecule has 4 aromatic heterocycles. The minimum atomic E-state index is 0.690. The summed E-state index contributed by atoms with van der Waals surface area (Å²) < 4.78 is 4.92. The van der Waals surface area contributed by atoms with Crippen LogP contribution in [0, 0.1) is 0 Å². The molecule has 0 radical (unpaired) electrons. The van der Waals surface area contributed by atoms with Crippen molar-refractivity contribution in [3.8, 4) is 22.5 Å². The monoisotopic (exact) mass is 766 g/mol. The van der Waals surface area contributed by atoms with Gasteiger partial charge < -0.3 is 19.8 Å². The molecule has 0 aliphatic rings. The van der Waals surface area contributed by atoms with E-state index in [0.29, 0.717) is 13.1 Å². The number of hydrogen-bond acceptors (Lipinski definition) is 4. The molecule has 6 nitrogen and oxygen atoms in total. The van der Waals surface area contributed by atoms with Gasteiger partial charge in [0.05, 0.1) is 33.8 Å². The molecule has 4 aromatic carbocycles. The zero-order chi connectivity index (χ0) is 37.7. The van der Waals surface area contributed by atoms with Crippen LogP contribution in [0.4, 0.5) is 0 Å². The van der Waals surface area contributed by atoms with Crippen molar-refractivity contribution in [2.75, 3.05) is 13.1 Å². The molecule has 0 bridgehead atoms. The van der Waals surface area contributed by atoms with E-state index in [1.165, 1.54) is 43.6 Å². The molecule has 0 fully saturated rings. The maximum Gasteiger partial charge on any atom is 0.0949 e. The van der Waals surface area contributed by atoms with Gasteiger partial charge in [-0.25, -0.2) is 9.97 Å². The SMILES string of the molecule is CCCCn1c2ccccc2c2cc(CNCCCNCc3cc4c5ccccc5n(CCCC)c4c(-c4ccc(Cl)cc4)n3)nc(-c3ccc(Cl)cc3)c21. The molecule has 0 aliphatic carbocycles. The van der Waals surface area contributed by atoms with Crippen LogP contribution in [0.1, 0.15) is 57.3 Å². The smallest absolute Gasteiger partial charge is 0.0949 e. The topological polar surface area (TPSA) is 59.7 Å². The lowest BCUT2D eigenvalue weighted by molar-refractivity contribution is 0.588. The first-order valence-electron chi connectivity index (χ1n) is 19.8. The first-order valence-corrected chi connectivity index (χ1v) is 20.5. The summed E-state index contributed by atoms with van der Waals surface area (Å²) in [5.41, 5.74) is 11.2. The largest absolute Gasteiger partial charge is 0.339 e. The van der Waals surface area contributed by atoms with Crippen LogP contribution in [0.15, 0.2) is 109 Å². The van der Waals surface area contributed by atoms with Crippen molar-refractivity contribution >= 4 is 66.8 Å². The second-order valence-electron chi connectivity index (χ2n) is 14.5. The number of para-hydroxylation sites is 2. The molecule has 55 heavy (non-hydrogen) atoms. The maximum atomic E-state index is 6.32. The van der Waals surface area contributed by atoms with Crippen LogP contribution in [0.25, 0.3) is 66.1 Å². The summed E-state index contributed by atoms with van der Waals surface area (Å²) in [7, 11) is 0. The average Bonchev–Trinajstić information content (AvgIpc) is 3.71. The van der Waals surface area contributed by atoms with E-state index in [9.17, 15) is 0 Å². The third-order valence-corrected chi connectivity index (χ3v) is 11.1. The molecule has 0 unspecified atom stereocenters. The number of nitrogens with one attached hydrogen (secondary N) is 2. The van der Waals surface area contributed by atoms with Crippen molar-refractivity contribution in [2.45, 2.75) is 72.1 Å². The zero-order valence-corrected chi connectivity index (χ0v) is 33.2. The van der Waals surface area contributed by atoms with Gasteiger partial charge in [-0.3, -0.25) is 0 Å². The van der Waals surface area contributed by atoms with Crippen molar-refractivity contribution in [3.63, 3.8) is 0 Å². The van der Waals surface area contributed by atoms with Crippen LogP contribution >= 0.6 is 23.2 Å². The van der Waals surface area contributed by atoms with Crippen LogP contribution in [0.5, 0.6) is 0 Å². The molecule has 8 aromatic rings. The van der Waals surface area contributed by atoms with E-state index in [-0.39, 0.29) is 0 Å². The second-order valence-corrected chi connectivity index (χ2v) is 15.4. The maximum absolute atomic E-state index is 6.32. The molecule has 0 amide bonds. The van der Waals surface area contributed by atoms with Gasteiger partial charge in [-0.05, 0) is 80.9 Å². The molecule has 2 N–H and O–H groups in total. The lowest BCUT2D eigenvalue weighted by Gasteiger charge is -2.13. The standard InChI is InChI=1S/C47H48Cl2N6/c1-3-5-26-54-42-14-9-7-12-38(42)40-28-36(52-44(46(40)54)32-16-20-34(48)21-17-32)30-50-24-11-25-51-31-37-29-41-39-13-8-10-15-43(39)55(27-6-4-2)47(41)45(53-37)33-18-22-35(49)23-19-33/h7-10,12-23,28-29,50-51H,3-6,11,24-27,30-31H2,1-2H3. The summed E-state index contributed by atoms with van der Waals surface area (Å²) in [6.45, 7) is 9.53. The minimum Gasteiger partial charge on any atom is -0.339 e. The highest BCUT2D eigenvalue weighted by molar-refractivity contribution is 6.31. The number of hydrogen-bond donors (Lipinski definition) is 2. The van der Waals surface area contributed by atoms with Crippen molar-refractivity contribution in [2.24, 2.45) is 0 Å². The van der Waals surface area contributed by atoms with Crippen molar-refractivity contribution in [1.82, 2.24) is 29.7 Å². The van der Waals surface area contributed by atoms with Gasteiger partial charge >= 0.3 is 0 Å². The Morgan fingerprint density at radius 2 is 0.927 bits per heavy atom. The van der Waals surface area contributed by atoms with Crippen LogP contribution < -0.4 is 10.6 Å². The molecule has 0 aliphatic heterocycles. The Balaban J connectivity index is 0.987. The average molecular weight is 768 g/mol. The summed E-state index contributed by atoms with van der Waals surface area (Å²) in [4.78, 5) is 10.6. The number of fused-ring (bicyclic) bond motifs is 6. The van der Waals surface area contributed by atoms with Gasteiger partial charge in [0.2, 0.25) is 0 Å². The highest BCUT2D eigenvalue weighted by Crippen LogP contribution is 2.38. The molecule has 0 atom stereocenters. The Morgan fingerprint density at radius 3 is 1.35 bits per heavy atom. The van der Waals surface area contributed by atoms with Gasteiger partial charge in [0.15, 0.2) is 0 Å². The Morgan fingerprint density at radius 1 is 0.509 bits per heavy atom. The van der Waals surface area contributed by atoms with Gasteiger partial charge in [-0.15, -0.1) is 0 Å². The molecule has 0 spiro atoms. The summed E-state index contributed by atoms with van der Waals surface area (Å²) in [6.07, 6.45) is 5.47. The molecular weight excluding hydrogens is 719 g/mol. The van der Waals surface area contributed by atoms with Gasteiger partial charge in [0, 0.05) is 79.9 Å². The highest BCUT2D eigenvalue weighted by atomic mass is 35.5. The van der Waals surface area contributed by atoms with E-state index < -0.39 is 0 Å². The molecular formula is C47H48Cl2N6. The van der Waals surface area contributed by atoms with Crippen molar-refractivity contribution < 1.29 is 0 Å². The number of unbranched alkanes of at least 4 members (excludes halogenated alkanes) is 2. The molecule has 280 valence electrons. The summed E-state index contributed by atoms with van der Waals surface area (Å²) in [6, 6.07) is 38.2. The summed E-state index contributed by atoms with van der Waals surface area (Å²) in [5.74, 6) is 0. The lowest BCUT2D eigenvalue weighted by atomic mass is 10.1. The Bertz CT molecular complexity index is 2390. The highest BCUT2D eigenvalue weighted by Gasteiger charge is 2.19. The van der Waals surface area contributed by atoms with Crippen LogP contribution in [0.3, 0.4) is 0 Å². The van der Waals surface area contributed by atoms with Gasteiger partial charge in [0.1, 0.15) is 0 Å². The summed E-state index contributed by atoms with van der Waals surface area (Å²) >= 11 is 12.6. The molecule has 8 rings (SSSR count). The lowest BCUT2D eigenvalue weighted by Crippen LogP contribution is -2.22. The minimum absolute atomic E-state index is 0.690.